The number of nitrogens with two attached hydrogens (primary N) is 1. The summed E-state index contributed by atoms with van der Waals surface area (Å²) in [5.41, 5.74) is 8.10. The zero-order chi connectivity index (χ0) is 13.1. The van der Waals surface area contributed by atoms with Gasteiger partial charge in [-0.15, -0.1) is 11.8 Å². The first-order chi connectivity index (χ1) is 9.34. The number of pyridine rings is 1. The Kier molecular flexibility index (Phi) is 3.38. The third-order valence-corrected chi connectivity index (χ3v) is 4.10. The van der Waals surface area contributed by atoms with Crippen LogP contribution in [0.5, 0.6) is 0 Å². The molecule has 1 aromatic heterocycles. The van der Waals surface area contributed by atoms with E-state index in [1.165, 1.54) is 5.56 Å². The van der Waals surface area contributed by atoms with Crippen LogP contribution in [0.2, 0.25) is 0 Å². The number of rotatable bonds is 3. The topological polar surface area (TPSA) is 38.9 Å². The van der Waals surface area contributed by atoms with E-state index in [-0.39, 0.29) is 0 Å². The Morgan fingerprint density at radius 3 is 2.58 bits per heavy atom. The van der Waals surface area contributed by atoms with Crippen molar-refractivity contribution in [2.45, 2.75) is 10.8 Å². The highest BCUT2D eigenvalue weighted by Gasteiger charge is 2.05. The highest BCUT2D eigenvalue weighted by molar-refractivity contribution is 7.98. The summed E-state index contributed by atoms with van der Waals surface area (Å²) < 4.78 is 0. The van der Waals surface area contributed by atoms with E-state index in [0.29, 0.717) is 0 Å². The van der Waals surface area contributed by atoms with E-state index in [2.05, 4.69) is 35.3 Å². The van der Waals surface area contributed by atoms with E-state index >= 15 is 0 Å². The van der Waals surface area contributed by atoms with Gasteiger partial charge in [-0.3, -0.25) is 0 Å². The molecule has 2 N–H and O–H groups in total. The maximum absolute atomic E-state index is 6.00. The van der Waals surface area contributed by atoms with Crippen LogP contribution >= 0.6 is 11.8 Å². The molecule has 2 nitrogen and oxygen atoms in total. The SMILES string of the molecule is Nc1cccc2c(SCc3ccccc3)nccc12. The molecule has 3 heteroatoms. The zero-order valence-corrected chi connectivity index (χ0v) is 11.2. The monoisotopic (exact) mass is 266 g/mol. The smallest absolute Gasteiger partial charge is 0.104 e. The highest BCUT2D eigenvalue weighted by Crippen LogP contribution is 2.30. The van der Waals surface area contributed by atoms with Gasteiger partial charge in [-0.25, -0.2) is 4.98 Å². The summed E-state index contributed by atoms with van der Waals surface area (Å²) in [5, 5.41) is 3.24. The van der Waals surface area contributed by atoms with Gasteiger partial charge in [0.2, 0.25) is 0 Å². The molecule has 0 saturated heterocycles. The van der Waals surface area contributed by atoms with Gasteiger partial charge < -0.3 is 5.73 Å². The maximum atomic E-state index is 6.00. The molecule has 1 heterocycles. The zero-order valence-electron chi connectivity index (χ0n) is 10.4. The first-order valence-electron chi connectivity index (χ1n) is 6.14. The van der Waals surface area contributed by atoms with E-state index < -0.39 is 0 Å². The summed E-state index contributed by atoms with van der Waals surface area (Å²) in [5.74, 6) is 0.918. The number of nitrogens with zero attached hydrogens (tertiary/aromatic N) is 1. The Balaban J connectivity index is 1.91. The minimum absolute atomic E-state index is 0.807. The molecular weight excluding hydrogens is 252 g/mol. The number of fused-ring (bicyclic) bond motifs is 1. The van der Waals surface area contributed by atoms with Crippen LogP contribution in [-0.4, -0.2) is 4.98 Å². The van der Waals surface area contributed by atoms with Gasteiger partial charge in [-0.05, 0) is 17.7 Å². The van der Waals surface area contributed by atoms with Crippen molar-refractivity contribution in [1.82, 2.24) is 4.98 Å². The first kappa shape index (κ1) is 12.1. The molecule has 0 aliphatic rings. The molecule has 0 bridgehead atoms. The molecule has 19 heavy (non-hydrogen) atoms. The molecule has 0 aliphatic carbocycles. The fourth-order valence-corrected chi connectivity index (χ4v) is 3.01. The second-order valence-corrected chi connectivity index (χ2v) is 5.30. The van der Waals surface area contributed by atoms with E-state index in [0.717, 1.165) is 27.2 Å². The third-order valence-electron chi connectivity index (χ3n) is 3.02. The average molecular weight is 266 g/mol. The highest BCUT2D eigenvalue weighted by atomic mass is 32.2. The summed E-state index contributed by atoms with van der Waals surface area (Å²) in [6, 6.07) is 18.4. The standard InChI is InChI=1S/C16H14N2S/c17-15-8-4-7-14-13(15)9-10-18-16(14)19-11-12-5-2-1-3-6-12/h1-10H,11,17H2. The molecule has 0 amide bonds. The summed E-state index contributed by atoms with van der Waals surface area (Å²) in [7, 11) is 0. The number of hydrogen-bond acceptors (Lipinski definition) is 3. The minimum Gasteiger partial charge on any atom is -0.398 e. The molecular formula is C16H14N2S. The van der Waals surface area contributed by atoms with E-state index in [9.17, 15) is 0 Å². The van der Waals surface area contributed by atoms with Crippen molar-refractivity contribution >= 4 is 28.2 Å². The summed E-state index contributed by atoms with van der Waals surface area (Å²) in [6.45, 7) is 0. The molecule has 0 unspecified atom stereocenters. The van der Waals surface area contributed by atoms with E-state index in [4.69, 9.17) is 5.73 Å². The van der Waals surface area contributed by atoms with Crippen LogP contribution in [0.25, 0.3) is 10.8 Å². The Morgan fingerprint density at radius 1 is 0.895 bits per heavy atom. The molecule has 0 aliphatic heterocycles. The van der Waals surface area contributed by atoms with Crippen molar-refractivity contribution in [1.29, 1.82) is 0 Å². The van der Waals surface area contributed by atoms with Gasteiger partial charge in [0.1, 0.15) is 5.03 Å². The van der Waals surface area contributed by atoms with Gasteiger partial charge in [0.15, 0.2) is 0 Å². The number of nitrogen functional groups attached to an aromatic ring is 1. The van der Waals surface area contributed by atoms with Crippen LogP contribution in [0.1, 0.15) is 5.56 Å². The lowest BCUT2D eigenvalue weighted by Gasteiger charge is -2.07. The predicted octanol–water partition coefficient (Wildman–Crippen LogP) is 4.11. The Bertz CT molecular complexity index is 695. The fraction of sp³-hybridized carbons (Fsp3) is 0.0625. The predicted molar refractivity (Wildman–Crippen MR) is 82.2 cm³/mol. The number of anilines is 1. The minimum atomic E-state index is 0.807. The van der Waals surface area contributed by atoms with E-state index in [1.54, 1.807) is 11.8 Å². The number of benzene rings is 2. The third kappa shape index (κ3) is 2.56. The maximum Gasteiger partial charge on any atom is 0.104 e. The average Bonchev–Trinajstić information content (AvgIpc) is 2.47. The molecule has 0 fully saturated rings. The van der Waals surface area contributed by atoms with Crippen LogP contribution < -0.4 is 5.73 Å². The van der Waals surface area contributed by atoms with Gasteiger partial charge in [-0.1, -0.05) is 42.5 Å². The van der Waals surface area contributed by atoms with E-state index in [1.807, 2.05) is 30.5 Å². The van der Waals surface area contributed by atoms with Crippen molar-refractivity contribution in [2.75, 3.05) is 5.73 Å². The lowest BCUT2D eigenvalue weighted by molar-refractivity contribution is 1.17. The number of hydrogen-bond donors (Lipinski definition) is 1. The number of thioether (sulfide) groups is 1. The van der Waals surface area contributed by atoms with Gasteiger partial charge in [0.25, 0.3) is 0 Å². The largest absolute Gasteiger partial charge is 0.398 e. The summed E-state index contributed by atoms with van der Waals surface area (Å²) in [4.78, 5) is 4.47. The lowest BCUT2D eigenvalue weighted by atomic mass is 10.1. The summed E-state index contributed by atoms with van der Waals surface area (Å²) in [6.07, 6.45) is 1.83. The fourth-order valence-electron chi connectivity index (χ4n) is 2.05. The molecule has 0 saturated carbocycles. The van der Waals surface area contributed by atoms with Gasteiger partial charge in [0.05, 0.1) is 0 Å². The first-order valence-corrected chi connectivity index (χ1v) is 7.13. The van der Waals surface area contributed by atoms with Crippen LogP contribution in [-0.2, 0) is 5.75 Å². The quantitative estimate of drug-likeness (QED) is 0.573. The molecule has 0 atom stereocenters. The Hall–Kier alpha value is -2.00. The Morgan fingerprint density at radius 2 is 1.74 bits per heavy atom. The normalized spacial score (nSPS) is 10.7. The van der Waals surface area contributed by atoms with Crippen molar-refractivity contribution in [3.8, 4) is 0 Å². The summed E-state index contributed by atoms with van der Waals surface area (Å²) >= 11 is 1.75. The molecule has 3 aromatic rings. The molecule has 94 valence electrons. The van der Waals surface area contributed by atoms with Crippen molar-refractivity contribution < 1.29 is 0 Å². The van der Waals surface area contributed by atoms with Gasteiger partial charge >= 0.3 is 0 Å². The molecule has 0 spiro atoms. The molecule has 3 rings (SSSR count). The van der Waals surface area contributed by atoms with Gasteiger partial charge in [-0.2, -0.15) is 0 Å². The number of aromatic nitrogens is 1. The second kappa shape index (κ2) is 5.33. The molecule has 2 aromatic carbocycles. The van der Waals surface area contributed by atoms with Crippen LogP contribution in [0, 0.1) is 0 Å². The van der Waals surface area contributed by atoms with Crippen molar-refractivity contribution in [3.63, 3.8) is 0 Å². The second-order valence-electron chi connectivity index (χ2n) is 4.33. The van der Waals surface area contributed by atoms with Crippen molar-refractivity contribution in [3.05, 3.63) is 66.4 Å². The van der Waals surface area contributed by atoms with Crippen LogP contribution in [0.15, 0.2) is 65.8 Å². The van der Waals surface area contributed by atoms with Crippen molar-refractivity contribution in [2.24, 2.45) is 0 Å². The Labute approximate surface area is 116 Å². The van der Waals surface area contributed by atoms with Crippen LogP contribution in [0.3, 0.4) is 0 Å². The van der Waals surface area contributed by atoms with Crippen LogP contribution in [0.4, 0.5) is 5.69 Å². The molecule has 0 radical (unpaired) electrons. The lowest BCUT2D eigenvalue weighted by Crippen LogP contribution is -1.90. The van der Waals surface area contributed by atoms with Gasteiger partial charge in [0, 0.05) is 28.4 Å².